The number of hydrogen-bond acceptors (Lipinski definition) is 3. The Morgan fingerprint density at radius 2 is 1.75 bits per heavy atom. The van der Waals surface area contributed by atoms with Crippen molar-refractivity contribution < 1.29 is 4.79 Å². The first kappa shape index (κ1) is 16.7. The van der Waals surface area contributed by atoms with Crippen molar-refractivity contribution in [3.8, 4) is 0 Å². The molecule has 2 aromatic carbocycles. The summed E-state index contributed by atoms with van der Waals surface area (Å²) in [6.07, 6.45) is 0. The molecule has 0 saturated heterocycles. The van der Waals surface area contributed by atoms with Gasteiger partial charge in [-0.15, -0.1) is 11.3 Å². The Balaban J connectivity index is 1.89. The van der Waals surface area contributed by atoms with Gasteiger partial charge in [0.05, 0.1) is 5.02 Å². The highest BCUT2D eigenvalue weighted by Gasteiger charge is 2.17. The Kier molecular flexibility index (Phi) is 4.74. The lowest BCUT2D eigenvalue weighted by atomic mass is 10.0. The molecule has 0 atom stereocenters. The number of halogens is 1. The minimum atomic E-state index is -0.0238. The highest BCUT2D eigenvalue weighted by atomic mass is 35.5. The van der Waals surface area contributed by atoms with E-state index >= 15 is 0 Å². The summed E-state index contributed by atoms with van der Waals surface area (Å²) >= 11 is 8.01. The van der Waals surface area contributed by atoms with Gasteiger partial charge >= 0.3 is 0 Å². The first-order valence-corrected chi connectivity index (χ1v) is 8.89. The van der Waals surface area contributed by atoms with E-state index in [4.69, 9.17) is 11.6 Å². The molecule has 4 heteroatoms. The Bertz CT molecular complexity index is 914. The van der Waals surface area contributed by atoms with Crippen molar-refractivity contribution in [1.82, 2.24) is 0 Å². The van der Waals surface area contributed by atoms with Crippen molar-refractivity contribution in [2.24, 2.45) is 0 Å². The number of hydrogen-bond donors (Lipinski definition) is 1. The molecule has 122 valence electrons. The number of thiophene rings is 1. The van der Waals surface area contributed by atoms with Crippen LogP contribution in [0.2, 0.25) is 5.02 Å². The predicted octanol–water partition coefficient (Wildman–Crippen LogP) is 6.30. The van der Waals surface area contributed by atoms with Crippen molar-refractivity contribution in [1.29, 1.82) is 0 Å². The van der Waals surface area contributed by atoms with E-state index in [1.54, 1.807) is 23.5 Å². The smallest absolute Gasteiger partial charge is 0.195 e. The van der Waals surface area contributed by atoms with E-state index in [0.717, 1.165) is 32.3 Å². The van der Waals surface area contributed by atoms with Gasteiger partial charge in [0.2, 0.25) is 0 Å². The molecule has 0 saturated carbocycles. The van der Waals surface area contributed by atoms with Crippen molar-refractivity contribution >= 4 is 40.1 Å². The molecule has 0 radical (unpaired) electrons. The van der Waals surface area contributed by atoms with E-state index in [-0.39, 0.29) is 5.78 Å². The lowest BCUT2D eigenvalue weighted by Crippen LogP contribution is -2.03. The van der Waals surface area contributed by atoms with Crippen molar-refractivity contribution in [2.75, 3.05) is 5.32 Å². The Hall–Kier alpha value is -2.10. The van der Waals surface area contributed by atoms with Crippen LogP contribution < -0.4 is 5.32 Å². The second-order valence-electron chi connectivity index (χ2n) is 5.79. The van der Waals surface area contributed by atoms with Crippen LogP contribution in [0.25, 0.3) is 0 Å². The Morgan fingerprint density at radius 3 is 2.38 bits per heavy atom. The first-order valence-electron chi connectivity index (χ1n) is 7.69. The molecule has 2 nitrogen and oxygen atoms in total. The molecule has 1 aromatic heterocycles. The third-order valence-electron chi connectivity index (χ3n) is 3.92. The van der Waals surface area contributed by atoms with Crippen LogP contribution in [0.1, 0.15) is 31.2 Å². The van der Waals surface area contributed by atoms with E-state index in [9.17, 15) is 4.79 Å². The lowest BCUT2D eigenvalue weighted by Gasteiger charge is -2.11. The summed E-state index contributed by atoms with van der Waals surface area (Å²) in [5.74, 6) is -0.0238. The van der Waals surface area contributed by atoms with Gasteiger partial charge in [0.15, 0.2) is 5.78 Å². The van der Waals surface area contributed by atoms with Gasteiger partial charge < -0.3 is 5.32 Å². The fourth-order valence-electron chi connectivity index (χ4n) is 2.65. The van der Waals surface area contributed by atoms with Crippen molar-refractivity contribution in [3.63, 3.8) is 0 Å². The molecule has 1 N–H and O–H groups in total. The zero-order valence-electron chi connectivity index (χ0n) is 13.8. The van der Waals surface area contributed by atoms with E-state index in [1.807, 2.05) is 57.2 Å². The van der Waals surface area contributed by atoms with Gasteiger partial charge in [0, 0.05) is 32.3 Å². The number of rotatable bonds is 4. The molecule has 3 aromatic rings. The molecule has 3 rings (SSSR count). The fourth-order valence-corrected chi connectivity index (χ4v) is 3.83. The van der Waals surface area contributed by atoms with Gasteiger partial charge in [-0.25, -0.2) is 0 Å². The van der Waals surface area contributed by atoms with Crippen LogP contribution in [-0.4, -0.2) is 5.78 Å². The number of carbonyl (C=O) groups excluding carboxylic acids is 1. The van der Waals surface area contributed by atoms with Gasteiger partial charge in [-0.1, -0.05) is 29.8 Å². The standard InChI is InChI=1S/C20H18ClNOS/c1-12-6-4-5-7-19(12)22-15-8-9-16(18(21)11-15)20(23)17-10-13(2)24-14(17)3/h4-11,22H,1-3H3. The number of ketones is 1. The highest BCUT2D eigenvalue weighted by Crippen LogP contribution is 2.29. The molecule has 0 aliphatic heterocycles. The first-order chi connectivity index (χ1) is 11.5. The summed E-state index contributed by atoms with van der Waals surface area (Å²) in [4.78, 5) is 14.9. The minimum Gasteiger partial charge on any atom is -0.355 e. The second kappa shape index (κ2) is 6.80. The van der Waals surface area contributed by atoms with E-state index in [1.165, 1.54) is 0 Å². The molecule has 1 heterocycles. The van der Waals surface area contributed by atoms with Crippen molar-refractivity contribution in [2.45, 2.75) is 20.8 Å². The number of benzene rings is 2. The predicted molar refractivity (Wildman–Crippen MR) is 103 cm³/mol. The highest BCUT2D eigenvalue weighted by molar-refractivity contribution is 7.12. The Morgan fingerprint density at radius 1 is 1.00 bits per heavy atom. The van der Waals surface area contributed by atoms with Crippen LogP contribution in [0, 0.1) is 20.8 Å². The average Bonchev–Trinajstić information content (AvgIpc) is 2.88. The van der Waals surface area contributed by atoms with Crippen LogP contribution in [-0.2, 0) is 0 Å². The number of nitrogens with one attached hydrogen (secondary N) is 1. The van der Waals surface area contributed by atoms with Gasteiger partial charge in [-0.3, -0.25) is 4.79 Å². The molecular weight excluding hydrogens is 338 g/mol. The topological polar surface area (TPSA) is 29.1 Å². The van der Waals surface area contributed by atoms with Crippen LogP contribution >= 0.6 is 22.9 Å². The molecule has 0 bridgehead atoms. The van der Waals surface area contributed by atoms with Gasteiger partial charge in [-0.05, 0) is 56.7 Å². The zero-order valence-corrected chi connectivity index (χ0v) is 15.4. The largest absolute Gasteiger partial charge is 0.355 e. The van der Waals surface area contributed by atoms with Gasteiger partial charge in [-0.2, -0.15) is 0 Å². The lowest BCUT2D eigenvalue weighted by molar-refractivity contribution is 0.103. The summed E-state index contributed by atoms with van der Waals surface area (Å²) in [6.45, 7) is 6.02. The molecule has 0 spiro atoms. The molecule has 0 amide bonds. The Labute approximate surface area is 151 Å². The molecule has 0 aliphatic rings. The molecule has 24 heavy (non-hydrogen) atoms. The third kappa shape index (κ3) is 3.37. The second-order valence-corrected chi connectivity index (χ2v) is 7.66. The normalized spacial score (nSPS) is 10.7. The molecule has 0 aliphatic carbocycles. The summed E-state index contributed by atoms with van der Waals surface area (Å²) in [5, 5.41) is 3.80. The van der Waals surface area contributed by atoms with Gasteiger partial charge in [0.1, 0.15) is 0 Å². The summed E-state index contributed by atoms with van der Waals surface area (Å²) in [7, 11) is 0. The van der Waals surface area contributed by atoms with Gasteiger partial charge in [0.25, 0.3) is 0 Å². The summed E-state index contributed by atoms with van der Waals surface area (Å²) < 4.78 is 0. The van der Waals surface area contributed by atoms with E-state index in [2.05, 4.69) is 5.32 Å². The maximum atomic E-state index is 12.7. The third-order valence-corrected chi connectivity index (χ3v) is 5.20. The van der Waals surface area contributed by atoms with Crippen molar-refractivity contribution in [3.05, 3.63) is 80.0 Å². The minimum absolute atomic E-state index is 0.0238. The van der Waals surface area contributed by atoms with E-state index in [0.29, 0.717) is 10.6 Å². The number of aryl methyl sites for hydroxylation is 3. The summed E-state index contributed by atoms with van der Waals surface area (Å²) in [6, 6.07) is 15.5. The number of carbonyl (C=O) groups is 1. The van der Waals surface area contributed by atoms with Crippen LogP contribution in [0.15, 0.2) is 48.5 Å². The maximum Gasteiger partial charge on any atom is 0.195 e. The van der Waals surface area contributed by atoms with Crippen LogP contribution in [0.4, 0.5) is 11.4 Å². The van der Waals surface area contributed by atoms with E-state index < -0.39 is 0 Å². The number of para-hydroxylation sites is 1. The number of anilines is 2. The monoisotopic (exact) mass is 355 g/mol. The fraction of sp³-hybridized carbons (Fsp3) is 0.150. The average molecular weight is 356 g/mol. The SMILES string of the molecule is Cc1cc(C(=O)c2ccc(Nc3ccccc3C)cc2Cl)c(C)s1. The molecule has 0 unspecified atom stereocenters. The zero-order chi connectivity index (χ0) is 17.3. The molecule has 0 fully saturated rings. The van der Waals surface area contributed by atoms with Crippen LogP contribution in [0.5, 0.6) is 0 Å². The van der Waals surface area contributed by atoms with Crippen LogP contribution in [0.3, 0.4) is 0 Å². The summed E-state index contributed by atoms with van der Waals surface area (Å²) in [5.41, 5.74) is 4.31. The molecular formula is C20H18ClNOS. The maximum absolute atomic E-state index is 12.7. The quantitative estimate of drug-likeness (QED) is 0.556.